The SMILES string of the molecule is CN(CC1CCCN1C)C(=O)c1ccc2c(c1)CCN2. The summed E-state index contributed by atoms with van der Waals surface area (Å²) < 4.78 is 0. The molecule has 3 rings (SSSR count). The quantitative estimate of drug-likeness (QED) is 0.912. The first kappa shape index (κ1) is 13.4. The van der Waals surface area contributed by atoms with Crippen molar-refractivity contribution in [1.82, 2.24) is 9.80 Å². The average Bonchev–Trinajstić information content (AvgIpc) is 3.06. The van der Waals surface area contributed by atoms with Crippen LogP contribution >= 0.6 is 0 Å². The Labute approximate surface area is 120 Å². The van der Waals surface area contributed by atoms with Gasteiger partial charge < -0.3 is 15.1 Å². The number of carbonyl (C=O) groups is 1. The summed E-state index contributed by atoms with van der Waals surface area (Å²) in [5, 5.41) is 3.33. The van der Waals surface area contributed by atoms with Gasteiger partial charge in [-0.2, -0.15) is 0 Å². The van der Waals surface area contributed by atoms with Crippen molar-refractivity contribution in [2.45, 2.75) is 25.3 Å². The van der Waals surface area contributed by atoms with E-state index in [-0.39, 0.29) is 5.91 Å². The Morgan fingerprint density at radius 1 is 1.50 bits per heavy atom. The van der Waals surface area contributed by atoms with Crippen LogP contribution in [0.4, 0.5) is 5.69 Å². The van der Waals surface area contributed by atoms with Gasteiger partial charge in [-0.1, -0.05) is 0 Å². The van der Waals surface area contributed by atoms with Gasteiger partial charge in [0, 0.05) is 37.4 Å². The number of hydrogen-bond donors (Lipinski definition) is 1. The number of benzene rings is 1. The van der Waals surface area contributed by atoms with Gasteiger partial charge in [0.25, 0.3) is 5.91 Å². The molecule has 2 aliphatic heterocycles. The van der Waals surface area contributed by atoms with Gasteiger partial charge in [0.15, 0.2) is 0 Å². The summed E-state index contributed by atoms with van der Waals surface area (Å²) in [5.74, 6) is 0.139. The van der Waals surface area contributed by atoms with Gasteiger partial charge in [0.1, 0.15) is 0 Å². The molecule has 108 valence electrons. The highest BCUT2D eigenvalue weighted by molar-refractivity contribution is 5.95. The summed E-state index contributed by atoms with van der Waals surface area (Å²) in [6, 6.07) is 6.53. The van der Waals surface area contributed by atoms with E-state index >= 15 is 0 Å². The van der Waals surface area contributed by atoms with E-state index in [9.17, 15) is 4.79 Å². The fraction of sp³-hybridized carbons (Fsp3) is 0.562. The largest absolute Gasteiger partial charge is 0.384 e. The van der Waals surface area contributed by atoms with Crippen LogP contribution < -0.4 is 5.32 Å². The predicted molar refractivity (Wildman–Crippen MR) is 81.2 cm³/mol. The number of amides is 1. The molecule has 2 heterocycles. The average molecular weight is 273 g/mol. The summed E-state index contributed by atoms with van der Waals surface area (Å²) >= 11 is 0. The molecule has 2 aliphatic rings. The lowest BCUT2D eigenvalue weighted by Crippen LogP contribution is -2.39. The van der Waals surface area contributed by atoms with Crippen LogP contribution in [-0.2, 0) is 6.42 Å². The Morgan fingerprint density at radius 2 is 2.35 bits per heavy atom. The summed E-state index contributed by atoms with van der Waals surface area (Å²) in [4.78, 5) is 16.8. The molecule has 1 atom stereocenters. The Bertz CT molecular complexity index is 514. The van der Waals surface area contributed by atoms with Gasteiger partial charge in [-0.3, -0.25) is 4.79 Å². The maximum Gasteiger partial charge on any atom is 0.253 e. The first-order valence-corrected chi connectivity index (χ1v) is 7.47. The minimum Gasteiger partial charge on any atom is -0.384 e. The van der Waals surface area contributed by atoms with Crippen LogP contribution in [0.25, 0.3) is 0 Å². The molecule has 0 saturated carbocycles. The van der Waals surface area contributed by atoms with E-state index in [1.54, 1.807) is 0 Å². The number of likely N-dealkylation sites (N-methyl/N-ethyl adjacent to an activating group) is 2. The van der Waals surface area contributed by atoms with E-state index in [0.29, 0.717) is 6.04 Å². The lowest BCUT2D eigenvalue weighted by atomic mass is 10.1. The molecule has 1 amide bonds. The number of likely N-dealkylation sites (tertiary alicyclic amines) is 1. The molecule has 4 heteroatoms. The normalized spacial score (nSPS) is 21.6. The number of nitrogens with zero attached hydrogens (tertiary/aromatic N) is 2. The minimum absolute atomic E-state index is 0.139. The van der Waals surface area contributed by atoms with Crippen molar-refractivity contribution in [3.8, 4) is 0 Å². The number of anilines is 1. The maximum atomic E-state index is 12.5. The highest BCUT2D eigenvalue weighted by Gasteiger charge is 2.24. The van der Waals surface area contributed by atoms with Gasteiger partial charge in [-0.15, -0.1) is 0 Å². The molecule has 1 fully saturated rings. The maximum absolute atomic E-state index is 12.5. The van der Waals surface area contributed by atoms with Crippen molar-refractivity contribution in [3.05, 3.63) is 29.3 Å². The van der Waals surface area contributed by atoms with Crippen LogP contribution in [0.2, 0.25) is 0 Å². The molecular formula is C16H23N3O. The van der Waals surface area contributed by atoms with E-state index in [1.165, 1.54) is 24.1 Å². The Hall–Kier alpha value is -1.55. The van der Waals surface area contributed by atoms with Crippen LogP contribution in [0.1, 0.15) is 28.8 Å². The van der Waals surface area contributed by atoms with Crippen LogP contribution in [-0.4, -0.2) is 55.5 Å². The van der Waals surface area contributed by atoms with E-state index in [4.69, 9.17) is 0 Å². The molecule has 4 nitrogen and oxygen atoms in total. The molecule has 0 bridgehead atoms. The van der Waals surface area contributed by atoms with E-state index in [2.05, 4.69) is 17.3 Å². The van der Waals surface area contributed by atoms with Crippen molar-refractivity contribution in [1.29, 1.82) is 0 Å². The smallest absolute Gasteiger partial charge is 0.253 e. The van der Waals surface area contributed by atoms with E-state index in [1.807, 2.05) is 30.1 Å². The second-order valence-corrected chi connectivity index (χ2v) is 6.01. The zero-order chi connectivity index (χ0) is 14.1. The summed E-state index contributed by atoms with van der Waals surface area (Å²) in [6.45, 7) is 2.96. The predicted octanol–water partition coefficient (Wildman–Crippen LogP) is 1.82. The molecule has 20 heavy (non-hydrogen) atoms. The number of nitrogens with one attached hydrogen (secondary N) is 1. The molecule has 1 aromatic rings. The third-order valence-corrected chi connectivity index (χ3v) is 4.56. The lowest BCUT2D eigenvalue weighted by Gasteiger charge is -2.26. The highest BCUT2D eigenvalue weighted by Crippen LogP contribution is 2.24. The third kappa shape index (κ3) is 2.52. The summed E-state index contributed by atoms with van der Waals surface area (Å²) in [6.07, 6.45) is 3.46. The van der Waals surface area contributed by atoms with Gasteiger partial charge in [-0.25, -0.2) is 0 Å². The number of rotatable bonds is 3. The standard InChI is InChI=1S/C16H23N3O/c1-18-9-3-4-14(18)11-19(2)16(20)13-5-6-15-12(10-13)7-8-17-15/h5-6,10,14,17H,3-4,7-9,11H2,1-2H3. The Morgan fingerprint density at radius 3 is 3.10 bits per heavy atom. The zero-order valence-electron chi connectivity index (χ0n) is 12.4. The van der Waals surface area contributed by atoms with Crippen molar-refractivity contribution < 1.29 is 4.79 Å². The van der Waals surface area contributed by atoms with Crippen LogP contribution in [0, 0.1) is 0 Å². The van der Waals surface area contributed by atoms with Crippen LogP contribution in [0.3, 0.4) is 0 Å². The molecular weight excluding hydrogens is 250 g/mol. The molecule has 1 aromatic carbocycles. The zero-order valence-corrected chi connectivity index (χ0v) is 12.4. The number of hydrogen-bond acceptors (Lipinski definition) is 3. The second-order valence-electron chi connectivity index (χ2n) is 6.01. The third-order valence-electron chi connectivity index (χ3n) is 4.56. The van der Waals surface area contributed by atoms with Gasteiger partial charge in [0.05, 0.1) is 0 Å². The van der Waals surface area contributed by atoms with Crippen LogP contribution in [0.5, 0.6) is 0 Å². The minimum atomic E-state index is 0.139. The fourth-order valence-corrected chi connectivity index (χ4v) is 3.27. The van der Waals surface area contributed by atoms with E-state index < -0.39 is 0 Å². The number of carbonyl (C=O) groups excluding carboxylic acids is 1. The van der Waals surface area contributed by atoms with Crippen molar-refractivity contribution >= 4 is 11.6 Å². The molecule has 0 spiro atoms. The fourth-order valence-electron chi connectivity index (χ4n) is 3.27. The first-order valence-electron chi connectivity index (χ1n) is 7.47. The Kier molecular flexibility index (Phi) is 3.66. The monoisotopic (exact) mass is 273 g/mol. The summed E-state index contributed by atoms with van der Waals surface area (Å²) in [5.41, 5.74) is 3.26. The second kappa shape index (κ2) is 5.44. The van der Waals surface area contributed by atoms with Crippen molar-refractivity contribution in [2.24, 2.45) is 0 Å². The number of fused-ring (bicyclic) bond motifs is 1. The molecule has 0 aromatic heterocycles. The lowest BCUT2D eigenvalue weighted by molar-refractivity contribution is 0.0761. The topological polar surface area (TPSA) is 35.6 Å². The van der Waals surface area contributed by atoms with Gasteiger partial charge in [0.2, 0.25) is 0 Å². The van der Waals surface area contributed by atoms with E-state index in [0.717, 1.165) is 31.6 Å². The molecule has 0 radical (unpaired) electrons. The molecule has 1 unspecified atom stereocenters. The molecule has 1 N–H and O–H groups in total. The van der Waals surface area contributed by atoms with Gasteiger partial charge in [-0.05, 0) is 56.6 Å². The van der Waals surface area contributed by atoms with Crippen molar-refractivity contribution in [3.63, 3.8) is 0 Å². The van der Waals surface area contributed by atoms with Crippen LogP contribution in [0.15, 0.2) is 18.2 Å². The molecule has 1 saturated heterocycles. The first-order chi connectivity index (χ1) is 9.65. The van der Waals surface area contributed by atoms with Crippen molar-refractivity contribution in [2.75, 3.05) is 39.0 Å². The molecule has 0 aliphatic carbocycles. The summed E-state index contributed by atoms with van der Waals surface area (Å²) in [7, 11) is 4.07. The van der Waals surface area contributed by atoms with Gasteiger partial charge >= 0.3 is 0 Å². The highest BCUT2D eigenvalue weighted by atomic mass is 16.2. The Balaban J connectivity index is 1.68.